The van der Waals surface area contributed by atoms with Crippen molar-refractivity contribution in [2.45, 2.75) is 66.8 Å². The maximum atomic E-state index is 12.1. The Morgan fingerprint density at radius 3 is 2.33 bits per heavy atom. The molecule has 8 heteroatoms. The largest absolute Gasteiger partial charge is 0.359 e. The van der Waals surface area contributed by atoms with Crippen LogP contribution in [-0.2, 0) is 11.3 Å². The fourth-order valence-electron chi connectivity index (χ4n) is 2.59. The second-order valence-electron chi connectivity index (χ2n) is 7.02. The van der Waals surface area contributed by atoms with Gasteiger partial charge >= 0.3 is 0 Å². The highest BCUT2D eigenvalue weighted by Gasteiger charge is 2.27. The fourth-order valence-corrected chi connectivity index (χ4v) is 2.59. The monoisotopic (exact) mass is 493 g/mol. The van der Waals surface area contributed by atoms with Crippen LogP contribution in [0.25, 0.3) is 0 Å². The van der Waals surface area contributed by atoms with Crippen molar-refractivity contribution in [2.75, 3.05) is 19.6 Å². The maximum absolute atomic E-state index is 12.1. The minimum atomic E-state index is -0.527. The predicted molar refractivity (Wildman–Crippen MR) is 121 cm³/mol. The van der Waals surface area contributed by atoms with Gasteiger partial charge in [-0.05, 0) is 40.5 Å². The molecule has 0 fully saturated rings. The van der Waals surface area contributed by atoms with Crippen molar-refractivity contribution in [1.82, 2.24) is 21.1 Å². The zero-order valence-electron chi connectivity index (χ0n) is 17.5. The molecule has 1 aromatic heterocycles. The van der Waals surface area contributed by atoms with E-state index >= 15 is 0 Å². The van der Waals surface area contributed by atoms with Crippen LogP contribution in [0.4, 0.5) is 0 Å². The highest BCUT2D eigenvalue weighted by molar-refractivity contribution is 14.0. The molecule has 1 aromatic rings. The summed E-state index contributed by atoms with van der Waals surface area (Å²) in [6, 6.07) is 1.99. The van der Waals surface area contributed by atoms with Gasteiger partial charge in [0.05, 0.1) is 11.1 Å². The Hall–Kier alpha value is -1.32. The summed E-state index contributed by atoms with van der Waals surface area (Å²) in [5, 5.41) is 13.5. The summed E-state index contributed by atoms with van der Waals surface area (Å²) < 4.78 is 5.42. The Kier molecular flexibility index (Phi) is 12.3. The van der Waals surface area contributed by atoms with Gasteiger partial charge in [-0.1, -0.05) is 19.0 Å². The summed E-state index contributed by atoms with van der Waals surface area (Å²) in [6.45, 7) is 14.3. The van der Waals surface area contributed by atoms with Crippen LogP contribution in [0.2, 0.25) is 0 Å². The summed E-state index contributed by atoms with van der Waals surface area (Å²) in [7, 11) is 0. The van der Waals surface area contributed by atoms with E-state index in [1.165, 1.54) is 0 Å². The number of hydrogen-bond acceptors (Lipinski definition) is 4. The van der Waals surface area contributed by atoms with Crippen molar-refractivity contribution in [3.05, 3.63) is 17.5 Å². The number of carbonyl (C=O) groups is 1. The van der Waals surface area contributed by atoms with Gasteiger partial charge in [-0.3, -0.25) is 4.79 Å². The number of hydrogen-bond donors (Lipinski definition) is 3. The molecule has 156 valence electrons. The first-order chi connectivity index (χ1) is 12.4. The Bertz CT molecular complexity index is 582. The first-order valence-electron chi connectivity index (χ1n) is 9.63. The minimum Gasteiger partial charge on any atom is -0.359 e. The quantitative estimate of drug-likeness (QED) is 0.264. The predicted octanol–water partition coefficient (Wildman–Crippen LogP) is 3.41. The van der Waals surface area contributed by atoms with Gasteiger partial charge in [-0.15, -0.1) is 24.0 Å². The lowest BCUT2D eigenvalue weighted by atomic mass is 9.92. The average molecular weight is 493 g/mol. The van der Waals surface area contributed by atoms with Crippen molar-refractivity contribution in [3.63, 3.8) is 0 Å². The number of nitrogens with zero attached hydrogens (tertiary/aromatic N) is 2. The lowest BCUT2D eigenvalue weighted by Gasteiger charge is -2.24. The Morgan fingerprint density at radius 2 is 1.78 bits per heavy atom. The highest BCUT2D eigenvalue weighted by Crippen LogP contribution is 2.22. The standard InChI is InChI=1S/C19H35N5O2.HI/c1-7-14(8-2)16-11-15(26-24-16)12-22-18(21-10-4)23-13-19(5,6)17(25)20-9-3;/h11,14H,7-10,12-13H2,1-6H3,(H,20,25)(H2,21,22,23);1H. The topological polar surface area (TPSA) is 91.5 Å². The van der Waals surface area contributed by atoms with Gasteiger partial charge < -0.3 is 20.5 Å². The molecule has 0 unspecified atom stereocenters. The van der Waals surface area contributed by atoms with Gasteiger partial charge in [0.25, 0.3) is 0 Å². The molecule has 0 spiro atoms. The van der Waals surface area contributed by atoms with Gasteiger partial charge in [0.15, 0.2) is 11.7 Å². The Morgan fingerprint density at radius 1 is 1.15 bits per heavy atom. The smallest absolute Gasteiger partial charge is 0.227 e. The van der Waals surface area contributed by atoms with Gasteiger partial charge in [-0.25, -0.2) is 4.99 Å². The Balaban J connectivity index is 0.00000676. The van der Waals surface area contributed by atoms with Crippen molar-refractivity contribution >= 4 is 35.8 Å². The van der Waals surface area contributed by atoms with Crippen LogP contribution in [0.3, 0.4) is 0 Å². The number of carbonyl (C=O) groups excluding carboxylic acids is 1. The number of aromatic nitrogens is 1. The SMILES string of the molecule is CCNC(=O)C(C)(C)CNC(=NCc1cc(C(CC)CC)no1)NCC.I. The molecule has 1 rings (SSSR count). The summed E-state index contributed by atoms with van der Waals surface area (Å²) in [6.07, 6.45) is 2.09. The molecule has 0 aromatic carbocycles. The molecule has 1 heterocycles. The molecular weight excluding hydrogens is 457 g/mol. The normalized spacial score (nSPS) is 11.9. The lowest BCUT2D eigenvalue weighted by Crippen LogP contribution is -2.47. The van der Waals surface area contributed by atoms with Gasteiger partial charge in [0.2, 0.25) is 5.91 Å². The van der Waals surface area contributed by atoms with E-state index in [2.05, 4.69) is 39.9 Å². The van der Waals surface area contributed by atoms with E-state index in [4.69, 9.17) is 4.52 Å². The van der Waals surface area contributed by atoms with Crippen LogP contribution in [0.15, 0.2) is 15.6 Å². The first-order valence-corrected chi connectivity index (χ1v) is 9.63. The fraction of sp³-hybridized carbons (Fsp3) is 0.737. The molecule has 0 radical (unpaired) electrons. The van der Waals surface area contributed by atoms with Gasteiger partial charge in [0, 0.05) is 31.6 Å². The van der Waals surface area contributed by atoms with E-state index < -0.39 is 5.41 Å². The number of guanidine groups is 1. The Labute approximate surface area is 180 Å². The van der Waals surface area contributed by atoms with Crippen LogP contribution in [0.5, 0.6) is 0 Å². The lowest BCUT2D eigenvalue weighted by molar-refractivity contribution is -0.128. The van der Waals surface area contributed by atoms with Crippen LogP contribution in [-0.4, -0.2) is 36.7 Å². The number of halogens is 1. The number of amides is 1. The molecule has 0 aliphatic rings. The third-order valence-electron chi connectivity index (χ3n) is 4.37. The van der Waals surface area contributed by atoms with Crippen molar-refractivity contribution in [3.8, 4) is 0 Å². The molecule has 7 nitrogen and oxygen atoms in total. The number of rotatable bonds is 10. The molecule has 0 atom stereocenters. The summed E-state index contributed by atoms with van der Waals surface area (Å²) in [5.41, 5.74) is 0.469. The van der Waals surface area contributed by atoms with Crippen LogP contribution >= 0.6 is 24.0 Å². The third kappa shape index (κ3) is 8.49. The second-order valence-corrected chi connectivity index (χ2v) is 7.02. The zero-order valence-corrected chi connectivity index (χ0v) is 19.8. The van der Waals surface area contributed by atoms with Crippen molar-refractivity contribution in [1.29, 1.82) is 0 Å². The van der Waals surface area contributed by atoms with Crippen molar-refractivity contribution < 1.29 is 9.32 Å². The van der Waals surface area contributed by atoms with Crippen LogP contribution in [0, 0.1) is 5.41 Å². The van der Waals surface area contributed by atoms with Crippen molar-refractivity contribution in [2.24, 2.45) is 10.4 Å². The van der Waals surface area contributed by atoms with E-state index in [1.54, 1.807) is 0 Å². The van der Waals surface area contributed by atoms with E-state index in [9.17, 15) is 4.79 Å². The number of nitrogens with one attached hydrogen (secondary N) is 3. The molecular formula is C19H36IN5O2. The van der Waals surface area contributed by atoms with E-state index in [1.807, 2.05) is 33.8 Å². The molecule has 1 amide bonds. The second kappa shape index (κ2) is 13.0. The summed E-state index contributed by atoms with van der Waals surface area (Å²) in [4.78, 5) is 16.6. The maximum Gasteiger partial charge on any atom is 0.227 e. The van der Waals surface area contributed by atoms with E-state index in [-0.39, 0.29) is 29.9 Å². The molecule has 3 N–H and O–H groups in total. The third-order valence-corrected chi connectivity index (χ3v) is 4.37. The highest BCUT2D eigenvalue weighted by atomic mass is 127. The molecule has 0 saturated heterocycles. The van der Waals surface area contributed by atoms with Gasteiger partial charge in [0.1, 0.15) is 6.54 Å². The summed E-state index contributed by atoms with van der Waals surface area (Å²) in [5.74, 6) is 1.85. The van der Waals surface area contributed by atoms with Crippen LogP contribution in [0.1, 0.15) is 71.8 Å². The average Bonchev–Trinajstić information content (AvgIpc) is 3.07. The summed E-state index contributed by atoms with van der Waals surface area (Å²) >= 11 is 0. The molecule has 0 bridgehead atoms. The molecule has 27 heavy (non-hydrogen) atoms. The molecule has 0 saturated carbocycles. The molecule has 0 aliphatic carbocycles. The van der Waals surface area contributed by atoms with E-state index in [0.717, 1.165) is 30.8 Å². The van der Waals surface area contributed by atoms with Gasteiger partial charge in [-0.2, -0.15) is 0 Å². The van der Waals surface area contributed by atoms with E-state index in [0.29, 0.717) is 31.5 Å². The first kappa shape index (κ1) is 25.7. The number of aliphatic imine (C=N–C) groups is 1. The minimum absolute atomic E-state index is 0. The zero-order chi connectivity index (χ0) is 19.6. The molecule has 0 aliphatic heterocycles. The van der Waals surface area contributed by atoms with Crippen LogP contribution < -0.4 is 16.0 Å².